The van der Waals surface area contributed by atoms with Gasteiger partial charge in [0.2, 0.25) is 0 Å². The number of nitrogens with two attached hydrogens (primary N) is 1. The molecule has 1 saturated heterocycles. The van der Waals surface area contributed by atoms with Gasteiger partial charge in [-0.05, 0) is 18.9 Å². The summed E-state index contributed by atoms with van der Waals surface area (Å²) in [5, 5.41) is 15.9. The van der Waals surface area contributed by atoms with E-state index >= 15 is 0 Å². The van der Waals surface area contributed by atoms with Gasteiger partial charge in [-0.2, -0.15) is 4.57 Å². The van der Waals surface area contributed by atoms with Crippen LogP contribution >= 0.6 is 34.7 Å². The molecule has 1 aliphatic carbocycles. The first-order valence-electron chi connectivity index (χ1n) is 11.0. The Balaban J connectivity index is 1.37. The number of aryl methyl sites for hydroxylation is 1. The molecule has 2 aromatic heterocycles. The van der Waals surface area contributed by atoms with Gasteiger partial charge in [0.25, 0.3) is 11.8 Å². The Kier molecular flexibility index (Phi) is 6.62. The van der Waals surface area contributed by atoms with Crippen LogP contribution in [-0.4, -0.2) is 62.8 Å². The van der Waals surface area contributed by atoms with E-state index in [0.29, 0.717) is 17.9 Å². The Morgan fingerprint density at radius 2 is 2.25 bits per heavy atom. The first-order valence-corrected chi connectivity index (χ1v) is 13.3. The maximum atomic E-state index is 13.1. The van der Waals surface area contributed by atoms with Crippen molar-refractivity contribution in [3.05, 3.63) is 50.9 Å². The van der Waals surface area contributed by atoms with Crippen molar-refractivity contribution < 1.29 is 28.9 Å². The molecule has 1 fully saturated rings. The van der Waals surface area contributed by atoms with Crippen LogP contribution in [0, 0.1) is 0 Å². The summed E-state index contributed by atoms with van der Waals surface area (Å²) in [6, 6.07) is 3.12. The number of carbonyl (C=O) groups is 3. The number of nitrogens with zero attached hydrogens (tertiary/aromatic N) is 4. The number of anilines is 1. The molecule has 2 atom stereocenters. The van der Waals surface area contributed by atoms with Crippen molar-refractivity contribution in [2.24, 2.45) is 5.16 Å². The molecule has 36 heavy (non-hydrogen) atoms. The number of aliphatic carboxylic acids is 1. The van der Waals surface area contributed by atoms with Crippen molar-refractivity contribution in [1.29, 1.82) is 0 Å². The zero-order valence-corrected chi connectivity index (χ0v) is 21.5. The number of nitrogen functional groups attached to an aromatic ring is 1. The number of amides is 2. The lowest BCUT2D eigenvalue weighted by Gasteiger charge is -2.49. The molecule has 0 bridgehead atoms. The van der Waals surface area contributed by atoms with Crippen LogP contribution in [0.1, 0.15) is 23.4 Å². The SMILES string of the molecule is CO/N=C(\C(=O)N[C@@H]1C(=O)N2C(C(=O)O)=C(C[n+]3cccc4c3CCC4)CS[C@H]12)c1nc(N)sc1Cl. The second-order valence-corrected chi connectivity index (χ2v) is 11.1. The van der Waals surface area contributed by atoms with Crippen LogP contribution in [0.3, 0.4) is 0 Å². The van der Waals surface area contributed by atoms with E-state index in [4.69, 9.17) is 22.2 Å². The summed E-state index contributed by atoms with van der Waals surface area (Å²) in [6.07, 6.45) is 4.97. The molecular formula is C22H22ClN6O5S2+. The van der Waals surface area contributed by atoms with E-state index in [2.05, 4.69) is 26.1 Å². The van der Waals surface area contributed by atoms with Crippen LogP contribution in [-0.2, 0) is 38.6 Å². The minimum Gasteiger partial charge on any atom is -0.477 e. The maximum absolute atomic E-state index is 13.1. The quantitative estimate of drug-likeness (QED) is 0.200. The Bertz CT molecular complexity index is 1340. The van der Waals surface area contributed by atoms with Gasteiger partial charge >= 0.3 is 5.97 Å². The zero-order valence-electron chi connectivity index (χ0n) is 19.1. The molecule has 0 aromatic carbocycles. The molecule has 0 spiro atoms. The molecular weight excluding hydrogens is 528 g/mol. The lowest BCUT2D eigenvalue weighted by atomic mass is 10.0. The number of thioether (sulfide) groups is 1. The van der Waals surface area contributed by atoms with Gasteiger partial charge in [-0.1, -0.05) is 28.1 Å². The van der Waals surface area contributed by atoms with E-state index < -0.39 is 29.2 Å². The molecule has 3 aliphatic rings. The second kappa shape index (κ2) is 9.71. The number of carboxylic acids is 1. The average molecular weight is 550 g/mol. The molecule has 4 heterocycles. The van der Waals surface area contributed by atoms with Crippen LogP contribution in [0.5, 0.6) is 0 Å². The summed E-state index contributed by atoms with van der Waals surface area (Å²) >= 11 is 8.50. The largest absolute Gasteiger partial charge is 0.477 e. The lowest BCUT2D eigenvalue weighted by molar-refractivity contribution is -0.696. The number of fused-ring (bicyclic) bond motifs is 2. The van der Waals surface area contributed by atoms with Gasteiger partial charge in [-0.15, -0.1) is 11.8 Å². The Hall–Kier alpha value is -3.16. The van der Waals surface area contributed by atoms with Gasteiger partial charge in [0.05, 0.1) is 0 Å². The molecule has 5 rings (SSSR count). The molecule has 4 N–H and O–H groups in total. The minimum atomic E-state index is -1.17. The fourth-order valence-electron chi connectivity index (χ4n) is 4.73. The fraction of sp³-hybridized carbons (Fsp3) is 0.364. The monoisotopic (exact) mass is 549 g/mol. The molecule has 14 heteroatoms. The fourth-order valence-corrected chi connectivity index (χ4v) is 6.99. The van der Waals surface area contributed by atoms with Crippen molar-refractivity contribution in [1.82, 2.24) is 15.2 Å². The maximum Gasteiger partial charge on any atom is 0.352 e. The van der Waals surface area contributed by atoms with E-state index in [0.717, 1.165) is 30.6 Å². The van der Waals surface area contributed by atoms with Crippen molar-refractivity contribution in [3.63, 3.8) is 0 Å². The van der Waals surface area contributed by atoms with Crippen LogP contribution in [0.4, 0.5) is 5.13 Å². The number of rotatable bonds is 7. The number of oxime groups is 1. The van der Waals surface area contributed by atoms with Crippen molar-refractivity contribution >= 4 is 63.3 Å². The molecule has 11 nitrogen and oxygen atoms in total. The van der Waals surface area contributed by atoms with E-state index in [-0.39, 0.29) is 26.6 Å². The van der Waals surface area contributed by atoms with Gasteiger partial charge in [0.15, 0.2) is 29.3 Å². The standard InChI is InChI=1S/C22H21ClN6O5S2/c1-34-27-14(13-17(23)36-22(24)26-13)18(30)25-15-19(31)29-16(21(32)33)11(9-35-20(15)29)8-28-7-3-5-10-4-2-6-12(10)28/h3,5,7,15,20H,2,4,6,8-9H2,1H3,(H3-,24,25,26,30,32,33)/p+1/b27-14-/t15-,20-/m1/s1. The highest BCUT2D eigenvalue weighted by molar-refractivity contribution is 8.00. The van der Waals surface area contributed by atoms with Gasteiger partial charge < -0.3 is 21.0 Å². The first kappa shape index (κ1) is 24.5. The highest BCUT2D eigenvalue weighted by Crippen LogP contribution is 2.40. The third kappa shape index (κ3) is 4.20. The van der Waals surface area contributed by atoms with Crippen molar-refractivity contribution in [2.45, 2.75) is 37.2 Å². The predicted molar refractivity (Wildman–Crippen MR) is 133 cm³/mol. The topological polar surface area (TPSA) is 151 Å². The summed E-state index contributed by atoms with van der Waals surface area (Å²) in [4.78, 5) is 48.3. The Labute approximate surface area is 218 Å². The summed E-state index contributed by atoms with van der Waals surface area (Å²) in [6.45, 7) is 0.389. The summed E-state index contributed by atoms with van der Waals surface area (Å²) in [7, 11) is 1.26. The van der Waals surface area contributed by atoms with E-state index in [9.17, 15) is 19.5 Å². The molecule has 0 saturated carbocycles. The normalized spacial score (nSPS) is 21.1. The number of thiazole rings is 1. The highest BCUT2D eigenvalue weighted by Gasteiger charge is 2.55. The van der Waals surface area contributed by atoms with Gasteiger partial charge in [-0.25, -0.2) is 9.78 Å². The van der Waals surface area contributed by atoms with Crippen LogP contribution in [0.15, 0.2) is 34.8 Å². The first-order chi connectivity index (χ1) is 17.3. The number of carboxylic acid groups (broad SMARTS) is 1. The number of halogens is 1. The van der Waals surface area contributed by atoms with E-state index in [1.807, 2.05) is 12.3 Å². The number of hydrogen-bond donors (Lipinski definition) is 3. The van der Waals surface area contributed by atoms with Crippen molar-refractivity contribution in [3.8, 4) is 0 Å². The summed E-state index contributed by atoms with van der Waals surface area (Å²) in [5.74, 6) is -2.01. The average Bonchev–Trinajstić information content (AvgIpc) is 3.46. The second-order valence-electron chi connectivity index (χ2n) is 8.38. The Morgan fingerprint density at radius 3 is 2.94 bits per heavy atom. The molecule has 2 aromatic rings. The minimum absolute atomic E-state index is 0.0292. The third-order valence-corrected chi connectivity index (χ3v) is 8.69. The zero-order chi connectivity index (χ0) is 25.6. The lowest BCUT2D eigenvalue weighted by Crippen LogP contribution is -2.71. The van der Waals surface area contributed by atoms with Crippen LogP contribution < -0.4 is 15.6 Å². The van der Waals surface area contributed by atoms with Gasteiger partial charge in [-0.3, -0.25) is 14.5 Å². The summed E-state index contributed by atoms with van der Waals surface area (Å²) in [5.41, 5.74) is 8.58. The number of hydrogen-bond acceptors (Lipinski definition) is 9. The third-order valence-electron chi connectivity index (χ3n) is 6.26. The van der Waals surface area contributed by atoms with Crippen LogP contribution in [0.25, 0.3) is 0 Å². The van der Waals surface area contributed by atoms with Gasteiger partial charge in [0, 0.05) is 29.4 Å². The number of β-lactam (4-membered cyclic amide) rings is 1. The molecule has 2 amide bonds. The van der Waals surface area contributed by atoms with E-state index in [1.165, 1.54) is 35.0 Å². The number of nitrogens with one attached hydrogen (secondary N) is 1. The molecule has 2 aliphatic heterocycles. The van der Waals surface area contributed by atoms with Crippen molar-refractivity contribution in [2.75, 3.05) is 18.6 Å². The Morgan fingerprint density at radius 1 is 1.44 bits per heavy atom. The van der Waals surface area contributed by atoms with E-state index in [1.54, 1.807) is 0 Å². The molecule has 188 valence electrons. The number of carbonyl (C=O) groups excluding carboxylic acids is 2. The molecule has 0 unspecified atom stereocenters. The number of aromatic nitrogens is 2. The highest BCUT2D eigenvalue weighted by atomic mass is 35.5. The summed E-state index contributed by atoms with van der Waals surface area (Å²) < 4.78 is 2.22. The molecule has 0 radical (unpaired) electrons. The van der Waals surface area contributed by atoms with Gasteiger partial charge in [0.1, 0.15) is 34.3 Å². The van der Waals surface area contributed by atoms with Crippen LogP contribution in [0.2, 0.25) is 4.34 Å². The smallest absolute Gasteiger partial charge is 0.352 e. The number of pyridine rings is 1. The predicted octanol–water partition coefficient (Wildman–Crippen LogP) is 0.944.